The molecule has 3 nitrogen and oxygen atoms in total. The van der Waals surface area contributed by atoms with Crippen molar-refractivity contribution in [3.63, 3.8) is 0 Å². The minimum absolute atomic E-state index is 0.245. The van der Waals surface area contributed by atoms with Crippen LogP contribution in [0.15, 0.2) is 21.1 Å². The Hall–Kier alpha value is -0.260. The summed E-state index contributed by atoms with van der Waals surface area (Å²) in [6.07, 6.45) is 1.15. The minimum atomic E-state index is 0.245. The maximum absolute atomic E-state index is 5.45. The van der Waals surface area contributed by atoms with Crippen LogP contribution in [0.5, 0.6) is 5.75 Å². The highest BCUT2D eigenvalue weighted by atomic mass is 79.9. The predicted molar refractivity (Wildman–Crippen MR) is 96.5 cm³/mol. The molecule has 1 unspecified atom stereocenters. The highest BCUT2D eigenvalue weighted by Gasteiger charge is 2.29. The van der Waals surface area contributed by atoms with E-state index < -0.39 is 0 Å². The van der Waals surface area contributed by atoms with E-state index in [9.17, 15) is 0 Å². The van der Waals surface area contributed by atoms with Gasteiger partial charge in [-0.15, -0.1) is 0 Å². The molecule has 118 valence electrons. The van der Waals surface area contributed by atoms with Gasteiger partial charge in [0.05, 0.1) is 17.3 Å². The molecule has 21 heavy (non-hydrogen) atoms. The number of rotatable bonds is 2. The van der Waals surface area contributed by atoms with Gasteiger partial charge in [-0.25, -0.2) is 0 Å². The van der Waals surface area contributed by atoms with Gasteiger partial charge in [0, 0.05) is 29.7 Å². The Morgan fingerprint density at radius 3 is 2.57 bits per heavy atom. The quantitative estimate of drug-likeness (QED) is 0.766. The largest absolute Gasteiger partial charge is 0.495 e. The van der Waals surface area contributed by atoms with Crippen LogP contribution in [-0.2, 0) is 0 Å². The summed E-state index contributed by atoms with van der Waals surface area (Å²) in [5.74, 6) is 0.873. The lowest BCUT2D eigenvalue weighted by Gasteiger charge is -2.35. The zero-order valence-electron chi connectivity index (χ0n) is 13.2. The second kappa shape index (κ2) is 6.88. The number of methoxy groups -OCH3 is 1. The summed E-state index contributed by atoms with van der Waals surface area (Å²) in [5.41, 5.74) is 1.45. The Kier molecular flexibility index (Phi) is 5.60. The molecule has 1 aromatic carbocycles. The van der Waals surface area contributed by atoms with Gasteiger partial charge >= 0.3 is 0 Å². The van der Waals surface area contributed by atoms with Crippen LogP contribution >= 0.6 is 31.9 Å². The summed E-state index contributed by atoms with van der Waals surface area (Å²) < 4.78 is 7.52. The molecule has 5 heteroatoms. The van der Waals surface area contributed by atoms with Crippen LogP contribution in [0.3, 0.4) is 0 Å². The first-order valence-electron chi connectivity index (χ1n) is 7.34. The van der Waals surface area contributed by atoms with E-state index in [-0.39, 0.29) is 5.41 Å². The average molecular weight is 420 g/mol. The van der Waals surface area contributed by atoms with E-state index in [1.807, 2.05) is 0 Å². The molecule has 1 heterocycles. The molecule has 0 bridgehead atoms. The van der Waals surface area contributed by atoms with Crippen LogP contribution < -0.4 is 15.0 Å². The fourth-order valence-corrected chi connectivity index (χ4v) is 4.05. The topological polar surface area (TPSA) is 24.5 Å². The van der Waals surface area contributed by atoms with E-state index in [2.05, 4.69) is 75.0 Å². The highest BCUT2D eigenvalue weighted by Crippen LogP contribution is 2.37. The molecule has 1 saturated heterocycles. The van der Waals surface area contributed by atoms with Crippen molar-refractivity contribution in [2.45, 2.75) is 33.2 Å². The van der Waals surface area contributed by atoms with Gasteiger partial charge in [-0.2, -0.15) is 0 Å². The van der Waals surface area contributed by atoms with E-state index in [0.717, 1.165) is 40.8 Å². The van der Waals surface area contributed by atoms with Crippen molar-refractivity contribution in [2.24, 2.45) is 5.41 Å². The van der Waals surface area contributed by atoms with E-state index in [1.54, 1.807) is 7.11 Å². The number of anilines is 1. The number of hydrogen-bond acceptors (Lipinski definition) is 3. The Balaban J connectivity index is 2.31. The first kappa shape index (κ1) is 17.1. The Bertz CT molecular complexity index is 500. The third-order valence-corrected chi connectivity index (χ3v) is 5.26. The fraction of sp³-hybridized carbons (Fsp3) is 0.625. The van der Waals surface area contributed by atoms with Gasteiger partial charge < -0.3 is 15.0 Å². The summed E-state index contributed by atoms with van der Waals surface area (Å²) in [7, 11) is 1.71. The average Bonchev–Trinajstić information content (AvgIpc) is 2.64. The molecule has 1 aliphatic heterocycles. The molecule has 0 amide bonds. The van der Waals surface area contributed by atoms with Gasteiger partial charge in [-0.3, -0.25) is 0 Å². The van der Waals surface area contributed by atoms with Crippen molar-refractivity contribution >= 4 is 37.5 Å². The number of benzene rings is 1. The van der Waals surface area contributed by atoms with Crippen molar-refractivity contribution in [3.8, 4) is 5.75 Å². The lowest BCUT2D eigenvalue weighted by molar-refractivity contribution is 0.280. The first-order valence-corrected chi connectivity index (χ1v) is 8.93. The number of halogens is 2. The summed E-state index contributed by atoms with van der Waals surface area (Å²) in [6.45, 7) is 10.0. The molecular weight excluding hydrogens is 396 g/mol. The first-order chi connectivity index (χ1) is 9.82. The molecule has 1 aliphatic rings. The summed E-state index contributed by atoms with van der Waals surface area (Å²) >= 11 is 7.23. The zero-order chi connectivity index (χ0) is 15.6. The molecule has 1 N–H and O–H groups in total. The van der Waals surface area contributed by atoms with Crippen LogP contribution in [0.2, 0.25) is 0 Å². The monoisotopic (exact) mass is 418 g/mol. The van der Waals surface area contributed by atoms with Crippen molar-refractivity contribution in [3.05, 3.63) is 21.1 Å². The lowest BCUT2D eigenvalue weighted by Crippen LogP contribution is -2.46. The van der Waals surface area contributed by atoms with E-state index >= 15 is 0 Å². The lowest BCUT2D eigenvalue weighted by atomic mass is 9.86. The normalized spacial score (nSPS) is 20.3. The standard InChI is InChI=1S/C16H24Br2N2O/c1-16(2,3)15-10-20(7-5-6-19-15)13-9-14(21-4)12(18)8-11(13)17/h8-9,15,19H,5-7,10H2,1-4H3. The summed E-state index contributed by atoms with van der Waals surface area (Å²) in [5, 5.41) is 3.68. The van der Waals surface area contributed by atoms with Crippen LogP contribution in [0.4, 0.5) is 5.69 Å². The van der Waals surface area contributed by atoms with Crippen LogP contribution in [0.1, 0.15) is 27.2 Å². The van der Waals surface area contributed by atoms with Crippen molar-refractivity contribution in [1.29, 1.82) is 0 Å². The number of nitrogens with zero attached hydrogens (tertiary/aromatic N) is 1. The maximum Gasteiger partial charge on any atom is 0.135 e. The molecule has 0 spiro atoms. The molecule has 1 atom stereocenters. The predicted octanol–water partition coefficient (Wildman–Crippen LogP) is 4.43. The maximum atomic E-state index is 5.45. The third kappa shape index (κ3) is 4.14. The molecule has 1 aromatic rings. The second-order valence-corrected chi connectivity index (χ2v) is 8.32. The highest BCUT2D eigenvalue weighted by molar-refractivity contribution is 9.11. The molecule has 0 saturated carbocycles. The molecule has 0 aromatic heterocycles. The Morgan fingerprint density at radius 1 is 1.24 bits per heavy atom. The van der Waals surface area contributed by atoms with E-state index in [4.69, 9.17) is 4.74 Å². The van der Waals surface area contributed by atoms with Crippen molar-refractivity contribution < 1.29 is 4.74 Å². The molecule has 0 radical (unpaired) electrons. The summed E-state index contributed by atoms with van der Waals surface area (Å²) in [6, 6.07) is 4.65. The van der Waals surface area contributed by atoms with Gasteiger partial charge in [-0.1, -0.05) is 20.8 Å². The molecule has 1 fully saturated rings. The molecule has 0 aliphatic carbocycles. The van der Waals surface area contributed by atoms with Crippen molar-refractivity contribution in [2.75, 3.05) is 31.6 Å². The van der Waals surface area contributed by atoms with Crippen LogP contribution in [-0.4, -0.2) is 32.8 Å². The summed E-state index contributed by atoms with van der Waals surface area (Å²) in [4.78, 5) is 2.45. The Labute approximate surface area is 144 Å². The molecule has 2 rings (SSSR count). The van der Waals surface area contributed by atoms with Crippen LogP contribution in [0, 0.1) is 5.41 Å². The third-order valence-electron chi connectivity index (χ3n) is 4.01. The minimum Gasteiger partial charge on any atom is -0.495 e. The fourth-order valence-electron chi connectivity index (χ4n) is 2.64. The Morgan fingerprint density at radius 2 is 1.95 bits per heavy atom. The number of ether oxygens (including phenoxy) is 1. The van der Waals surface area contributed by atoms with Gasteiger partial charge in [-0.05, 0) is 56.3 Å². The number of hydrogen-bond donors (Lipinski definition) is 1. The molecular formula is C16H24Br2N2O. The van der Waals surface area contributed by atoms with Gasteiger partial charge in [0.1, 0.15) is 5.75 Å². The van der Waals surface area contributed by atoms with E-state index in [1.165, 1.54) is 5.69 Å². The van der Waals surface area contributed by atoms with E-state index in [0.29, 0.717) is 6.04 Å². The van der Waals surface area contributed by atoms with Crippen LogP contribution in [0.25, 0.3) is 0 Å². The second-order valence-electron chi connectivity index (χ2n) is 6.61. The smallest absolute Gasteiger partial charge is 0.135 e. The van der Waals surface area contributed by atoms with Gasteiger partial charge in [0.2, 0.25) is 0 Å². The van der Waals surface area contributed by atoms with Gasteiger partial charge in [0.25, 0.3) is 0 Å². The SMILES string of the molecule is COc1cc(N2CCCNC(C(C)(C)C)C2)c(Br)cc1Br. The van der Waals surface area contributed by atoms with Gasteiger partial charge in [0.15, 0.2) is 0 Å². The zero-order valence-corrected chi connectivity index (χ0v) is 16.3. The number of nitrogens with one attached hydrogen (secondary N) is 1. The van der Waals surface area contributed by atoms with Crippen molar-refractivity contribution in [1.82, 2.24) is 5.32 Å².